The van der Waals surface area contributed by atoms with Gasteiger partial charge in [0.2, 0.25) is 0 Å². The molecule has 2 rings (SSSR count). The molecule has 1 amide bonds. The lowest BCUT2D eigenvalue weighted by Crippen LogP contribution is -2.25. The molecule has 0 saturated heterocycles. The van der Waals surface area contributed by atoms with E-state index in [1.807, 2.05) is 6.92 Å². The van der Waals surface area contributed by atoms with Crippen LogP contribution < -0.4 is 10.6 Å². The molecule has 1 heterocycles. The van der Waals surface area contributed by atoms with Crippen LogP contribution in [0.1, 0.15) is 23.8 Å². The minimum Gasteiger partial charge on any atom is -0.351 e. The van der Waals surface area contributed by atoms with Crippen LogP contribution in [-0.2, 0) is 0 Å². The molecular formula is C14H15FN4O. The molecule has 104 valence electrons. The van der Waals surface area contributed by atoms with E-state index in [0.717, 1.165) is 6.42 Å². The first-order valence-corrected chi connectivity index (χ1v) is 6.32. The van der Waals surface area contributed by atoms with E-state index in [4.69, 9.17) is 0 Å². The van der Waals surface area contributed by atoms with Crippen LogP contribution in [0, 0.1) is 5.82 Å². The third kappa shape index (κ3) is 3.74. The minimum absolute atomic E-state index is 0.253. The van der Waals surface area contributed by atoms with Crippen molar-refractivity contribution in [1.29, 1.82) is 0 Å². The topological polar surface area (TPSA) is 66.9 Å². The van der Waals surface area contributed by atoms with Crippen LogP contribution in [0.2, 0.25) is 0 Å². The SMILES string of the molecule is CCCNC(=O)c1cc(Nc2cccc(F)c2)ncn1. The Morgan fingerprint density at radius 1 is 1.30 bits per heavy atom. The Bertz CT molecular complexity index is 603. The Kier molecular flexibility index (Phi) is 4.60. The molecule has 0 saturated carbocycles. The van der Waals surface area contributed by atoms with E-state index >= 15 is 0 Å². The van der Waals surface area contributed by atoms with Crippen molar-refractivity contribution in [1.82, 2.24) is 15.3 Å². The van der Waals surface area contributed by atoms with Crippen molar-refractivity contribution < 1.29 is 9.18 Å². The number of nitrogens with zero attached hydrogens (tertiary/aromatic N) is 2. The second-order valence-electron chi connectivity index (χ2n) is 4.18. The van der Waals surface area contributed by atoms with Crippen molar-refractivity contribution >= 4 is 17.4 Å². The van der Waals surface area contributed by atoms with Crippen LogP contribution >= 0.6 is 0 Å². The van der Waals surface area contributed by atoms with Crippen molar-refractivity contribution in [2.45, 2.75) is 13.3 Å². The maximum absolute atomic E-state index is 13.1. The molecule has 1 aromatic heterocycles. The summed E-state index contributed by atoms with van der Waals surface area (Å²) in [6.45, 7) is 2.56. The van der Waals surface area contributed by atoms with Gasteiger partial charge >= 0.3 is 0 Å². The Hall–Kier alpha value is -2.50. The Morgan fingerprint density at radius 2 is 2.15 bits per heavy atom. The number of nitrogens with one attached hydrogen (secondary N) is 2. The number of anilines is 2. The molecule has 0 aliphatic carbocycles. The molecule has 5 nitrogen and oxygen atoms in total. The van der Waals surface area contributed by atoms with Crippen molar-refractivity contribution in [3.63, 3.8) is 0 Å². The summed E-state index contributed by atoms with van der Waals surface area (Å²) in [6, 6.07) is 7.53. The average molecular weight is 274 g/mol. The van der Waals surface area contributed by atoms with E-state index in [9.17, 15) is 9.18 Å². The Balaban J connectivity index is 2.11. The summed E-state index contributed by atoms with van der Waals surface area (Å²) in [7, 11) is 0. The van der Waals surface area contributed by atoms with Gasteiger partial charge in [-0.2, -0.15) is 0 Å². The molecule has 0 aliphatic rings. The van der Waals surface area contributed by atoms with E-state index in [-0.39, 0.29) is 17.4 Å². The van der Waals surface area contributed by atoms with Crippen LogP contribution in [0.4, 0.5) is 15.9 Å². The van der Waals surface area contributed by atoms with Crippen molar-refractivity contribution in [2.75, 3.05) is 11.9 Å². The number of hydrogen-bond donors (Lipinski definition) is 2. The molecule has 1 aromatic carbocycles. The third-order valence-electron chi connectivity index (χ3n) is 2.53. The lowest BCUT2D eigenvalue weighted by atomic mass is 10.3. The normalized spacial score (nSPS) is 10.1. The number of benzene rings is 1. The van der Waals surface area contributed by atoms with Gasteiger partial charge in [0.1, 0.15) is 23.7 Å². The monoisotopic (exact) mass is 274 g/mol. The van der Waals surface area contributed by atoms with Gasteiger partial charge in [-0.3, -0.25) is 4.79 Å². The van der Waals surface area contributed by atoms with Crippen molar-refractivity contribution in [3.05, 3.63) is 48.2 Å². The van der Waals surface area contributed by atoms with Crippen LogP contribution in [0.25, 0.3) is 0 Å². The zero-order chi connectivity index (χ0) is 14.4. The van der Waals surface area contributed by atoms with Crippen LogP contribution in [-0.4, -0.2) is 22.4 Å². The first-order valence-electron chi connectivity index (χ1n) is 6.32. The van der Waals surface area contributed by atoms with Gasteiger partial charge in [-0.15, -0.1) is 0 Å². The third-order valence-corrected chi connectivity index (χ3v) is 2.53. The molecule has 2 N–H and O–H groups in total. The van der Waals surface area contributed by atoms with Gasteiger partial charge in [-0.05, 0) is 24.6 Å². The summed E-state index contributed by atoms with van der Waals surface area (Å²) >= 11 is 0. The van der Waals surface area contributed by atoms with Gasteiger partial charge in [0, 0.05) is 18.3 Å². The lowest BCUT2D eigenvalue weighted by molar-refractivity contribution is 0.0948. The predicted octanol–water partition coefficient (Wildman–Crippen LogP) is 2.50. The van der Waals surface area contributed by atoms with Gasteiger partial charge in [-0.1, -0.05) is 13.0 Å². The summed E-state index contributed by atoms with van der Waals surface area (Å²) in [4.78, 5) is 19.7. The highest BCUT2D eigenvalue weighted by atomic mass is 19.1. The number of rotatable bonds is 5. The molecule has 6 heteroatoms. The van der Waals surface area contributed by atoms with Crippen molar-refractivity contribution in [2.24, 2.45) is 0 Å². The molecule has 0 radical (unpaired) electrons. The minimum atomic E-state index is -0.343. The molecule has 0 aliphatic heterocycles. The van der Waals surface area contributed by atoms with Crippen molar-refractivity contribution in [3.8, 4) is 0 Å². The zero-order valence-electron chi connectivity index (χ0n) is 11.1. The van der Waals surface area contributed by atoms with Gasteiger partial charge in [0.15, 0.2) is 0 Å². The molecule has 20 heavy (non-hydrogen) atoms. The summed E-state index contributed by atoms with van der Waals surface area (Å²) < 4.78 is 13.1. The summed E-state index contributed by atoms with van der Waals surface area (Å²) in [5.74, 6) is -0.159. The molecule has 0 spiro atoms. The van der Waals surface area contributed by atoms with Gasteiger partial charge in [-0.25, -0.2) is 14.4 Å². The fourth-order valence-electron chi connectivity index (χ4n) is 1.59. The number of hydrogen-bond acceptors (Lipinski definition) is 4. The molecule has 2 aromatic rings. The second kappa shape index (κ2) is 6.60. The Morgan fingerprint density at radius 3 is 2.90 bits per heavy atom. The summed E-state index contributed by atoms with van der Waals surface area (Å²) in [5, 5.41) is 5.66. The number of carbonyl (C=O) groups is 1. The van der Waals surface area contributed by atoms with E-state index in [1.54, 1.807) is 12.1 Å². The average Bonchev–Trinajstić information content (AvgIpc) is 2.45. The molecule has 0 bridgehead atoms. The first kappa shape index (κ1) is 13.9. The van der Waals surface area contributed by atoms with Crippen LogP contribution in [0.15, 0.2) is 36.7 Å². The van der Waals surface area contributed by atoms with E-state index in [0.29, 0.717) is 18.1 Å². The molecule has 0 unspecified atom stereocenters. The highest BCUT2D eigenvalue weighted by Gasteiger charge is 2.08. The molecule has 0 fully saturated rings. The first-order chi connectivity index (χ1) is 9.69. The second-order valence-corrected chi connectivity index (χ2v) is 4.18. The number of aromatic nitrogens is 2. The maximum atomic E-state index is 13.1. The summed E-state index contributed by atoms with van der Waals surface area (Å²) in [5.41, 5.74) is 0.830. The van der Waals surface area contributed by atoms with E-state index in [1.165, 1.54) is 24.5 Å². The largest absolute Gasteiger partial charge is 0.351 e. The zero-order valence-corrected chi connectivity index (χ0v) is 11.1. The van der Waals surface area contributed by atoms with E-state index in [2.05, 4.69) is 20.6 Å². The predicted molar refractivity (Wildman–Crippen MR) is 74.3 cm³/mol. The number of carbonyl (C=O) groups excluding carboxylic acids is 1. The number of amides is 1. The van der Waals surface area contributed by atoms with Gasteiger partial charge < -0.3 is 10.6 Å². The van der Waals surface area contributed by atoms with Crippen LogP contribution in [0.5, 0.6) is 0 Å². The Labute approximate surface area is 116 Å². The summed E-state index contributed by atoms with van der Waals surface area (Å²) in [6.07, 6.45) is 2.15. The number of halogens is 1. The molecule has 0 atom stereocenters. The van der Waals surface area contributed by atoms with E-state index < -0.39 is 0 Å². The molecular weight excluding hydrogens is 259 g/mol. The maximum Gasteiger partial charge on any atom is 0.270 e. The highest BCUT2D eigenvalue weighted by molar-refractivity contribution is 5.92. The van der Waals surface area contributed by atoms with Gasteiger partial charge in [0.25, 0.3) is 5.91 Å². The standard InChI is InChI=1S/C14H15FN4O/c1-2-6-16-14(20)12-8-13(18-9-17-12)19-11-5-3-4-10(15)7-11/h3-5,7-9H,2,6H2,1H3,(H,16,20)(H,17,18,19). The quantitative estimate of drug-likeness (QED) is 0.879. The lowest BCUT2D eigenvalue weighted by Gasteiger charge is -2.07. The smallest absolute Gasteiger partial charge is 0.270 e. The van der Waals surface area contributed by atoms with Crippen LogP contribution in [0.3, 0.4) is 0 Å². The fraction of sp³-hybridized carbons (Fsp3) is 0.214. The fourth-order valence-corrected chi connectivity index (χ4v) is 1.59. The van der Waals surface area contributed by atoms with Gasteiger partial charge in [0.05, 0.1) is 0 Å². The highest BCUT2D eigenvalue weighted by Crippen LogP contribution is 2.15.